The van der Waals surface area contributed by atoms with Gasteiger partial charge >= 0.3 is 0 Å². The molecule has 4 nitrogen and oxygen atoms in total. The number of benzene rings is 1. The van der Waals surface area contributed by atoms with E-state index in [1.54, 1.807) is 11.0 Å². The SMILES string of the molecule is CCC(=O)c1ccc2c(c1)SCC(=O)N2CCCO. The predicted molar refractivity (Wildman–Crippen MR) is 75.8 cm³/mol. The smallest absolute Gasteiger partial charge is 0.237 e. The predicted octanol–water partition coefficient (Wildman–Crippen LogP) is 2.10. The van der Waals surface area contributed by atoms with Crippen LogP contribution in [0.4, 0.5) is 5.69 Å². The minimum atomic E-state index is 0.0560. The van der Waals surface area contributed by atoms with Crippen LogP contribution in [0.2, 0.25) is 0 Å². The van der Waals surface area contributed by atoms with Crippen molar-refractivity contribution in [1.82, 2.24) is 0 Å². The van der Waals surface area contributed by atoms with Crippen LogP contribution >= 0.6 is 11.8 Å². The molecule has 5 heteroatoms. The van der Waals surface area contributed by atoms with E-state index in [0.29, 0.717) is 30.7 Å². The van der Waals surface area contributed by atoms with Gasteiger partial charge in [0.1, 0.15) is 0 Å². The van der Waals surface area contributed by atoms with Gasteiger partial charge in [-0.05, 0) is 24.6 Å². The maximum atomic E-state index is 11.9. The number of hydrogen-bond donors (Lipinski definition) is 1. The van der Waals surface area contributed by atoms with Crippen molar-refractivity contribution in [3.05, 3.63) is 23.8 Å². The van der Waals surface area contributed by atoms with Crippen LogP contribution in [-0.2, 0) is 4.79 Å². The van der Waals surface area contributed by atoms with Gasteiger partial charge in [-0.15, -0.1) is 11.8 Å². The quantitative estimate of drug-likeness (QED) is 0.839. The van der Waals surface area contributed by atoms with Crippen molar-refractivity contribution in [1.29, 1.82) is 0 Å². The van der Waals surface area contributed by atoms with Gasteiger partial charge < -0.3 is 10.0 Å². The van der Waals surface area contributed by atoms with Crippen molar-refractivity contribution in [2.45, 2.75) is 24.7 Å². The highest BCUT2D eigenvalue weighted by Crippen LogP contribution is 2.36. The van der Waals surface area contributed by atoms with Crippen molar-refractivity contribution < 1.29 is 14.7 Å². The number of Topliss-reactive ketones (excluding diaryl/α,β-unsaturated/α-hetero) is 1. The highest BCUT2D eigenvalue weighted by atomic mass is 32.2. The van der Waals surface area contributed by atoms with Gasteiger partial charge in [0.2, 0.25) is 5.91 Å². The Hall–Kier alpha value is -1.33. The minimum Gasteiger partial charge on any atom is -0.396 e. The van der Waals surface area contributed by atoms with Gasteiger partial charge in [-0.2, -0.15) is 0 Å². The highest BCUT2D eigenvalue weighted by molar-refractivity contribution is 8.00. The van der Waals surface area contributed by atoms with Gasteiger partial charge in [0.05, 0.1) is 11.4 Å². The Bertz CT molecular complexity index is 501. The third kappa shape index (κ3) is 2.98. The second-order valence-electron chi connectivity index (χ2n) is 4.37. The van der Waals surface area contributed by atoms with Crippen molar-refractivity contribution in [2.24, 2.45) is 0 Å². The number of amides is 1. The molecule has 0 aliphatic carbocycles. The molecule has 19 heavy (non-hydrogen) atoms. The lowest BCUT2D eigenvalue weighted by Gasteiger charge is -2.29. The molecule has 0 unspecified atom stereocenters. The van der Waals surface area contributed by atoms with Crippen LogP contribution in [0.1, 0.15) is 30.1 Å². The highest BCUT2D eigenvalue weighted by Gasteiger charge is 2.24. The summed E-state index contributed by atoms with van der Waals surface area (Å²) in [6.45, 7) is 2.43. The zero-order valence-corrected chi connectivity index (χ0v) is 11.7. The Labute approximate surface area is 116 Å². The van der Waals surface area contributed by atoms with Crippen LogP contribution in [0.5, 0.6) is 0 Å². The van der Waals surface area contributed by atoms with E-state index in [4.69, 9.17) is 5.11 Å². The van der Waals surface area contributed by atoms with E-state index < -0.39 is 0 Å². The molecule has 1 N–H and O–H groups in total. The standard InChI is InChI=1S/C14H17NO3S/c1-2-12(17)10-4-5-11-13(8-10)19-9-14(18)15(11)6-3-7-16/h4-5,8,16H,2-3,6-7,9H2,1H3. The average molecular weight is 279 g/mol. The fourth-order valence-electron chi connectivity index (χ4n) is 2.06. The average Bonchev–Trinajstić information content (AvgIpc) is 2.45. The number of anilines is 1. The molecule has 0 spiro atoms. The molecule has 0 aromatic heterocycles. The second kappa shape index (κ2) is 6.21. The maximum absolute atomic E-state index is 11.9. The molecule has 2 rings (SSSR count). The first kappa shape index (κ1) is 14.1. The Balaban J connectivity index is 2.30. The summed E-state index contributed by atoms with van der Waals surface area (Å²) < 4.78 is 0. The number of nitrogens with zero attached hydrogens (tertiary/aromatic N) is 1. The maximum Gasteiger partial charge on any atom is 0.237 e. The van der Waals surface area contributed by atoms with E-state index >= 15 is 0 Å². The van der Waals surface area contributed by atoms with Gasteiger partial charge in [0, 0.05) is 30.0 Å². The first-order valence-corrected chi connectivity index (χ1v) is 7.37. The summed E-state index contributed by atoms with van der Waals surface area (Å²) >= 11 is 1.47. The molecule has 0 fully saturated rings. The summed E-state index contributed by atoms with van der Waals surface area (Å²) in [5, 5.41) is 8.89. The van der Waals surface area contributed by atoms with E-state index in [0.717, 1.165) is 10.6 Å². The lowest BCUT2D eigenvalue weighted by molar-refractivity contribution is -0.116. The Morgan fingerprint density at radius 2 is 2.26 bits per heavy atom. The number of ketones is 1. The van der Waals surface area contributed by atoms with E-state index in [9.17, 15) is 9.59 Å². The van der Waals surface area contributed by atoms with Crippen LogP contribution in [0, 0.1) is 0 Å². The van der Waals surface area contributed by atoms with Gasteiger partial charge in [-0.3, -0.25) is 9.59 Å². The monoisotopic (exact) mass is 279 g/mol. The van der Waals surface area contributed by atoms with Crippen LogP contribution < -0.4 is 4.90 Å². The van der Waals surface area contributed by atoms with Crippen molar-refractivity contribution in [3.63, 3.8) is 0 Å². The topological polar surface area (TPSA) is 57.6 Å². The molecule has 1 amide bonds. The van der Waals surface area contributed by atoms with E-state index in [-0.39, 0.29) is 18.3 Å². The van der Waals surface area contributed by atoms with Gasteiger partial charge in [-0.1, -0.05) is 6.92 Å². The van der Waals surface area contributed by atoms with Crippen LogP contribution in [0.25, 0.3) is 0 Å². The van der Waals surface area contributed by atoms with Crippen molar-refractivity contribution in [3.8, 4) is 0 Å². The normalized spacial score (nSPS) is 14.4. The molecular weight excluding hydrogens is 262 g/mol. The minimum absolute atomic E-state index is 0.0560. The first-order valence-electron chi connectivity index (χ1n) is 6.38. The Morgan fingerprint density at radius 3 is 2.95 bits per heavy atom. The van der Waals surface area contributed by atoms with Crippen molar-refractivity contribution in [2.75, 3.05) is 23.8 Å². The molecule has 0 saturated carbocycles. The fraction of sp³-hybridized carbons (Fsp3) is 0.429. The first-order chi connectivity index (χ1) is 9.17. The Morgan fingerprint density at radius 1 is 1.47 bits per heavy atom. The number of hydrogen-bond acceptors (Lipinski definition) is 4. The van der Waals surface area contributed by atoms with E-state index in [2.05, 4.69) is 0 Å². The third-order valence-electron chi connectivity index (χ3n) is 3.09. The molecule has 0 saturated heterocycles. The molecule has 1 heterocycles. The van der Waals surface area contributed by atoms with Crippen LogP contribution in [0.15, 0.2) is 23.1 Å². The molecule has 102 valence electrons. The zero-order valence-electron chi connectivity index (χ0n) is 10.9. The largest absolute Gasteiger partial charge is 0.396 e. The molecule has 1 aliphatic rings. The van der Waals surface area contributed by atoms with E-state index in [1.807, 2.05) is 19.1 Å². The van der Waals surface area contributed by atoms with Crippen LogP contribution in [-0.4, -0.2) is 35.7 Å². The van der Waals surface area contributed by atoms with Gasteiger partial charge in [-0.25, -0.2) is 0 Å². The second-order valence-corrected chi connectivity index (χ2v) is 5.39. The number of aliphatic hydroxyl groups excluding tert-OH is 1. The number of thioether (sulfide) groups is 1. The molecule has 1 aliphatic heterocycles. The summed E-state index contributed by atoms with van der Waals surface area (Å²) in [5.41, 5.74) is 1.55. The van der Waals surface area contributed by atoms with E-state index in [1.165, 1.54) is 11.8 Å². The molecule has 0 radical (unpaired) electrons. The third-order valence-corrected chi connectivity index (χ3v) is 4.12. The van der Waals surface area contributed by atoms with Crippen LogP contribution in [0.3, 0.4) is 0 Å². The fourth-order valence-corrected chi connectivity index (χ4v) is 3.03. The summed E-state index contributed by atoms with van der Waals surface area (Å²) in [6, 6.07) is 5.47. The molecule has 0 atom stereocenters. The molecule has 1 aromatic carbocycles. The number of carbonyl (C=O) groups is 2. The summed E-state index contributed by atoms with van der Waals surface area (Å²) in [4.78, 5) is 26.3. The number of carbonyl (C=O) groups excluding carboxylic acids is 2. The van der Waals surface area contributed by atoms with Crippen molar-refractivity contribution >= 4 is 29.1 Å². The molecular formula is C14H17NO3S. The summed E-state index contributed by atoms with van der Waals surface area (Å²) in [7, 11) is 0. The number of fused-ring (bicyclic) bond motifs is 1. The number of rotatable bonds is 5. The van der Waals surface area contributed by atoms with Gasteiger partial charge in [0.15, 0.2) is 5.78 Å². The molecule has 1 aromatic rings. The lowest BCUT2D eigenvalue weighted by Crippen LogP contribution is -2.36. The lowest BCUT2D eigenvalue weighted by atomic mass is 10.1. The summed E-state index contributed by atoms with van der Waals surface area (Å²) in [6.07, 6.45) is 1.04. The van der Waals surface area contributed by atoms with Gasteiger partial charge in [0.25, 0.3) is 0 Å². The zero-order chi connectivity index (χ0) is 13.8. The number of aliphatic hydroxyl groups is 1. The summed E-state index contributed by atoms with van der Waals surface area (Å²) in [5.74, 6) is 0.560. The molecule has 0 bridgehead atoms. The Kier molecular flexibility index (Phi) is 4.61.